The van der Waals surface area contributed by atoms with Crippen molar-refractivity contribution in [1.29, 1.82) is 0 Å². The number of likely N-dealkylation sites (N-methyl/N-ethyl adjacent to an activating group) is 1. The minimum atomic E-state index is -0.357. The van der Waals surface area contributed by atoms with Gasteiger partial charge in [-0.15, -0.1) is 0 Å². The molecular formula is C23H29NO3. The zero-order valence-corrected chi connectivity index (χ0v) is 16.2. The number of methoxy groups -OCH3 is 1. The van der Waals surface area contributed by atoms with Crippen molar-refractivity contribution < 1.29 is 14.6 Å². The predicted molar refractivity (Wildman–Crippen MR) is 107 cm³/mol. The van der Waals surface area contributed by atoms with Crippen molar-refractivity contribution >= 4 is 0 Å². The number of benzene rings is 1. The molecule has 3 aliphatic rings. The lowest BCUT2D eigenvalue weighted by Crippen LogP contribution is -2.44. The normalized spacial score (nSPS) is 30.1. The molecule has 0 radical (unpaired) electrons. The van der Waals surface area contributed by atoms with Crippen LogP contribution < -0.4 is 9.47 Å². The fraction of sp³-hybridized carbons (Fsp3) is 0.478. The van der Waals surface area contributed by atoms with Crippen molar-refractivity contribution in [3.05, 3.63) is 59.7 Å². The number of likely N-dealkylation sites (tertiary alicyclic amines) is 1. The fourth-order valence-corrected chi connectivity index (χ4v) is 4.71. The highest BCUT2D eigenvalue weighted by Crippen LogP contribution is 2.47. The summed E-state index contributed by atoms with van der Waals surface area (Å²) < 4.78 is 11.7. The molecule has 1 unspecified atom stereocenters. The number of allylic oxidation sites excluding steroid dienone is 3. The van der Waals surface area contributed by atoms with E-state index in [1.807, 2.05) is 12.1 Å². The van der Waals surface area contributed by atoms with Crippen LogP contribution in [0.1, 0.15) is 31.2 Å². The van der Waals surface area contributed by atoms with E-state index < -0.39 is 0 Å². The highest BCUT2D eigenvalue weighted by atomic mass is 16.5. The maximum atomic E-state index is 10.1. The molecule has 0 amide bonds. The van der Waals surface area contributed by atoms with E-state index in [4.69, 9.17) is 9.47 Å². The summed E-state index contributed by atoms with van der Waals surface area (Å²) in [6.07, 6.45) is 14.2. The van der Waals surface area contributed by atoms with Crippen LogP contribution in [0.25, 0.3) is 0 Å². The summed E-state index contributed by atoms with van der Waals surface area (Å²) in [7, 11) is 3.84. The largest absolute Gasteiger partial charge is 0.493 e. The molecule has 1 aliphatic heterocycles. The monoisotopic (exact) mass is 367 g/mol. The Morgan fingerprint density at radius 1 is 1.30 bits per heavy atom. The first-order chi connectivity index (χ1) is 13.1. The molecule has 0 spiro atoms. The SMILES string of the molecule is COc1ccc([C@@]23C=CC(O)C[C@@H]2N(C)CC3)cc1OCC1=CC=CCC1. The van der Waals surface area contributed by atoms with E-state index in [0.717, 1.165) is 43.7 Å². The van der Waals surface area contributed by atoms with Gasteiger partial charge in [0.2, 0.25) is 0 Å². The molecule has 4 heteroatoms. The lowest BCUT2D eigenvalue weighted by atomic mass is 9.69. The van der Waals surface area contributed by atoms with Crippen molar-refractivity contribution in [2.75, 3.05) is 27.3 Å². The van der Waals surface area contributed by atoms with E-state index in [9.17, 15) is 5.11 Å². The molecule has 27 heavy (non-hydrogen) atoms. The molecule has 144 valence electrons. The molecule has 2 aliphatic carbocycles. The molecule has 1 saturated heterocycles. The zero-order chi connectivity index (χ0) is 18.9. The van der Waals surface area contributed by atoms with Crippen LogP contribution >= 0.6 is 0 Å². The third-order valence-corrected chi connectivity index (χ3v) is 6.30. The summed E-state index contributed by atoms with van der Waals surface area (Å²) in [6.45, 7) is 1.62. The van der Waals surface area contributed by atoms with Crippen LogP contribution in [0.15, 0.2) is 54.2 Å². The minimum Gasteiger partial charge on any atom is -0.493 e. The smallest absolute Gasteiger partial charge is 0.161 e. The van der Waals surface area contributed by atoms with Gasteiger partial charge in [0.1, 0.15) is 6.61 Å². The number of ether oxygens (including phenoxy) is 2. The molecule has 1 aromatic rings. The van der Waals surface area contributed by atoms with Gasteiger partial charge in [0, 0.05) is 11.5 Å². The second-order valence-corrected chi connectivity index (χ2v) is 7.89. The quantitative estimate of drug-likeness (QED) is 0.808. The molecule has 1 N–H and O–H groups in total. The third kappa shape index (κ3) is 3.44. The minimum absolute atomic E-state index is 0.0643. The number of hydrogen-bond donors (Lipinski definition) is 1. The molecule has 0 saturated carbocycles. The van der Waals surface area contributed by atoms with Gasteiger partial charge in [-0.2, -0.15) is 0 Å². The van der Waals surface area contributed by atoms with Crippen LogP contribution in [0.3, 0.4) is 0 Å². The Balaban J connectivity index is 1.64. The lowest BCUT2D eigenvalue weighted by Gasteiger charge is -2.39. The van der Waals surface area contributed by atoms with Crippen molar-refractivity contribution in [2.45, 2.75) is 43.2 Å². The Morgan fingerprint density at radius 2 is 2.19 bits per heavy atom. The van der Waals surface area contributed by atoms with E-state index in [1.165, 1.54) is 11.1 Å². The van der Waals surface area contributed by atoms with Gasteiger partial charge in [0.05, 0.1) is 13.2 Å². The summed E-state index contributed by atoms with van der Waals surface area (Å²) in [5.74, 6) is 1.57. The molecule has 4 rings (SSSR count). The summed E-state index contributed by atoms with van der Waals surface area (Å²) in [6, 6.07) is 6.63. The fourth-order valence-electron chi connectivity index (χ4n) is 4.71. The van der Waals surface area contributed by atoms with Crippen LogP contribution in [0.5, 0.6) is 11.5 Å². The summed E-state index contributed by atoms with van der Waals surface area (Å²) in [5, 5.41) is 10.1. The average molecular weight is 367 g/mol. The maximum absolute atomic E-state index is 10.1. The summed E-state index contributed by atoms with van der Waals surface area (Å²) in [4.78, 5) is 2.37. The molecule has 3 atom stereocenters. The first-order valence-electron chi connectivity index (χ1n) is 9.86. The van der Waals surface area contributed by atoms with Crippen molar-refractivity contribution in [1.82, 2.24) is 4.90 Å². The van der Waals surface area contributed by atoms with Crippen LogP contribution in [0, 0.1) is 0 Å². The maximum Gasteiger partial charge on any atom is 0.161 e. The van der Waals surface area contributed by atoms with E-state index in [0.29, 0.717) is 12.6 Å². The average Bonchev–Trinajstić information content (AvgIpc) is 3.04. The second-order valence-electron chi connectivity index (χ2n) is 7.89. The summed E-state index contributed by atoms with van der Waals surface area (Å²) in [5.41, 5.74) is 2.49. The first kappa shape index (κ1) is 18.3. The van der Waals surface area contributed by atoms with Crippen molar-refractivity contribution in [3.8, 4) is 11.5 Å². The highest BCUT2D eigenvalue weighted by Gasteiger charge is 2.48. The van der Waals surface area contributed by atoms with Gasteiger partial charge < -0.3 is 19.5 Å². The van der Waals surface area contributed by atoms with Crippen LogP contribution in [0.2, 0.25) is 0 Å². The van der Waals surface area contributed by atoms with Gasteiger partial charge in [-0.25, -0.2) is 0 Å². The van der Waals surface area contributed by atoms with Gasteiger partial charge in [-0.05, 0) is 62.5 Å². The third-order valence-electron chi connectivity index (χ3n) is 6.30. The van der Waals surface area contributed by atoms with Gasteiger partial charge in [0.15, 0.2) is 11.5 Å². The van der Waals surface area contributed by atoms with Gasteiger partial charge >= 0.3 is 0 Å². The van der Waals surface area contributed by atoms with E-state index >= 15 is 0 Å². The van der Waals surface area contributed by atoms with Crippen LogP contribution in [-0.2, 0) is 5.41 Å². The Hall–Kier alpha value is -2.04. The molecule has 4 nitrogen and oxygen atoms in total. The van der Waals surface area contributed by atoms with E-state index in [2.05, 4.69) is 48.4 Å². The second kappa shape index (κ2) is 7.53. The molecule has 1 aromatic carbocycles. The van der Waals surface area contributed by atoms with Gasteiger partial charge in [0.25, 0.3) is 0 Å². The number of aliphatic hydroxyl groups excluding tert-OH is 1. The number of nitrogens with zero attached hydrogens (tertiary/aromatic N) is 1. The lowest BCUT2D eigenvalue weighted by molar-refractivity contribution is 0.137. The predicted octanol–water partition coefficient (Wildman–Crippen LogP) is 3.61. The van der Waals surface area contributed by atoms with Crippen molar-refractivity contribution in [3.63, 3.8) is 0 Å². The number of rotatable bonds is 5. The molecule has 1 fully saturated rings. The molecule has 0 aromatic heterocycles. The zero-order valence-electron chi connectivity index (χ0n) is 16.2. The van der Waals surface area contributed by atoms with Gasteiger partial charge in [-0.1, -0.05) is 36.4 Å². The molecule has 0 bridgehead atoms. The standard InChI is InChI=1S/C23H29NO3/c1-24-13-12-23(11-10-19(25)15-22(23)24)18-8-9-20(26-2)21(14-18)27-16-17-6-4-3-5-7-17/h3-4,6,8-11,14,19,22,25H,5,7,12-13,15-16H2,1-2H3/t19?,22-,23-/m0/s1. The number of fused-ring (bicyclic) bond motifs is 1. The van der Waals surface area contributed by atoms with Crippen LogP contribution in [0.4, 0.5) is 0 Å². The molecular weight excluding hydrogens is 338 g/mol. The number of aliphatic hydroxyl groups is 1. The van der Waals surface area contributed by atoms with E-state index in [1.54, 1.807) is 7.11 Å². The number of hydrogen-bond acceptors (Lipinski definition) is 4. The first-order valence-corrected chi connectivity index (χ1v) is 9.86. The highest BCUT2D eigenvalue weighted by molar-refractivity contribution is 5.49. The van der Waals surface area contributed by atoms with E-state index in [-0.39, 0.29) is 11.5 Å². The van der Waals surface area contributed by atoms with Crippen molar-refractivity contribution in [2.24, 2.45) is 0 Å². The Bertz CT molecular complexity index is 782. The molecule has 1 heterocycles. The summed E-state index contributed by atoms with van der Waals surface area (Å²) >= 11 is 0. The Kier molecular flexibility index (Phi) is 5.11. The Labute approximate surface area is 161 Å². The topological polar surface area (TPSA) is 41.9 Å². The van der Waals surface area contributed by atoms with Gasteiger partial charge in [-0.3, -0.25) is 0 Å². The van der Waals surface area contributed by atoms with Crippen LogP contribution in [-0.4, -0.2) is 49.5 Å². The Morgan fingerprint density at radius 3 is 2.96 bits per heavy atom.